The highest BCUT2D eigenvalue weighted by Gasteiger charge is 2.44. The molecule has 0 amide bonds. The second-order valence-corrected chi connectivity index (χ2v) is 11.8. The second-order valence-electron chi connectivity index (χ2n) is 11.8. The minimum Gasteiger partial charge on any atom is -0.358 e. The summed E-state index contributed by atoms with van der Waals surface area (Å²) in [5.41, 5.74) is 2.35. The third-order valence-electron chi connectivity index (χ3n) is 8.77. The molecule has 6 aromatic rings. The Hall–Kier alpha value is -5.65. The topological polar surface area (TPSA) is 129 Å². The maximum absolute atomic E-state index is 13.0. The van der Waals surface area contributed by atoms with Crippen LogP contribution in [0.1, 0.15) is 46.5 Å². The van der Waals surface area contributed by atoms with Crippen LogP contribution in [0.3, 0.4) is 0 Å². The zero-order valence-electron chi connectivity index (χ0n) is 26.3. The molecule has 1 fully saturated rings. The standard InChI is InChI=1S/C37H35N7O4/c1-26-24-43(36(46)39-34(26)45)33-22-31(44-35(40-41-42-44)38-23-27-14-6-2-7-15-27)32(48-33)25-47-37(28-16-8-3-9-17-28,29-18-10-4-11-19-29)30-20-12-5-13-21-30/h2-21,24,31-33H,22-23,25H2,1H3,(H,38,40,42)(H,39,45,46)/t31-,32+,33+/m0/s1. The van der Waals surface area contributed by atoms with Gasteiger partial charge in [0, 0.05) is 24.7 Å². The van der Waals surface area contributed by atoms with Gasteiger partial charge in [0.25, 0.3) is 5.56 Å². The third-order valence-corrected chi connectivity index (χ3v) is 8.77. The van der Waals surface area contributed by atoms with Crippen molar-refractivity contribution in [2.24, 2.45) is 0 Å². The Morgan fingerprint density at radius 1 is 0.854 bits per heavy atom. The predicted octanol–water partition coefficient (Wildman–Crippen LogP) is 4.98. The fourth-order valence-corrected chi connectivity index (χ4v) is 6.38. The summed E-state index contributed by atoms with van der Waals surface area (Å²) in [6.45, 7) is 2.29. The Morgan fingerprint density at radius 2 is 1.42 bits per heavy atom. The molecule has 0 radical (unpaired) electrons. The van der Waals surface area contributed by atoms with E-state index in [-0.39, 0.29) is 6.61 Å². The van der Waals surface area contributed by atoms with Crippen LogP contribution in [0.25, 0.3) is 0 Å². The zero-order chi connectivity index (χ0) is 32.9. The minimum atomic E-state index is -0.990. The molecule has 0 aliphatic carbocycles. The quantitative estimate of drug-likeness (QED) is 0.190. The number of rotatable bonds is 11. The van der Waals surface area contributed by atoms with Crippen LogP contribution in [0.4, 0.5) is 5.95 Å². The van der Waals surface area contributed by atoms with E-state index in [1.807, 2.05) is 84.9 Å². The van der Waals surface area contributed by atoms with Crippen molar-refractivity contribution in [3.8, 4) is 0 Å². The van der Waals surface area contributed by atoms with Gasteiger partial charge in [-0.2, -0.15) is 0 Å². The van der Waals surface area contributed by atoms with E-state index >= 15 is 0 Å². The van der Waals surface area contributed by atoms with Crippen molar-refractivity contribution in [2.75, 3.05) is 11.9 Å². The molecule has 242 valence electrons. The van der Waals surface area contributed by atoms with E-state index < -0.39 is 35.2 Å². The van der Waals surface area contributed by atoms with Gasteiger partial charge in [0.15, 0.2) is 0 Å². The first-order valence-electron chi connectivity index (χ1n) is 15.9. The van der Waals surface area contributed by atoms with E-state index in [1.165, 1.54) is 10.8 Å². The monoisotopic (exact) mass is 641 g/mol. The number of hydrogen-bond donors (Lipinski definition) is 2. The molecule has 0 spiro atoms. The normalized spacial score (nSPS) is 17.7. The zero-order valence-corrected chi connectivity index (χ0v) is 26.3. The summed E-state index contributed by atoms with van der Waals surface area (Å²) < 4.78 is 16.9. The van der Waals surface area contributed by atoms with E-state index in [4.69, 9.17) is 9.47 Å². The maximum Gasteiger partial charge on any atom is 0.330 e. The first kappa shape index (κ1) is 31.0. The van der Waals surface area contributed by atoms with Gasteiger partial charge in [-0.15, -0.1) is 0 Å². The van der Waals surface area contributed by atoms with E-state index in [1.54, 1.807) is 11.6 Å². The maximum atomic E-state index is 13.0. The van der Waals surface area contributed by atoms with Gasteiger partial charge in [-0.05, 0) is 39.6 Å². The molecule has 1 aliphatic rings. The van der Waals surface area contributed by atoms with Crippen LogP contribution in [-0.4, -0.2) is 42.5 Å². The predicted molar refractivity (Wildman–Crippen MR) is 180 cm³/mol. The Morgan fingerprint density at radius 3 is 2.00 bits per heavy atom. The number of hydrogen-bond acceptors (Lipinski definition) is 8. The number of benzene rings is 4. The molecule has 1 saturated heterocycles. The molecule has 48 heavy (non-hydrogen) atoms. The van der Waals surface area contributed by atoms with Crippen LogP contribution in [-0.2, 0) is 21.6 Å². The molecule has 1 aliphatic heterocycles. The number of aryl methyl sites for hydroxylation is 1. The van der Waals surface area contributed by atoms with Crippen LogP contribution in [0, 0.1) is 6.92 Å². The van der Waals surface area contributed by atoms with E-state index in [0.29, 0.717) is 24.5 Å². The summed E-state index contributed by atoms with van der Waals surface area (Å²) in [6.07, 6.45) is 0.574. The van der Waals surface area contributed by atoms with E-state index in [0.717, 1.165) is 22.3 Å². The van der Waals surface area contributed by atoms with Crippen LogP contribution in [0.15, 0.2) is 137 Å². The average Bonchev–Trinajstić information content (AvgIpc) is 3.78. The summed E-state index contributed by atoms with van der Waals surface area (Å²) in [4.78, 5) is 27.6. The number of H-pyrrole nitrogens is 1. The highest BCUT2D eigenvalue weighted by Crippen LogP contribution is 2.43. The number of nitrogens with one attached hydrogen (secondary N) is 2. The smallest absolute Gasteiger partial charge is 0.330 e. The molecule has 2 aromatic heterocycles. The molecule has 11 heteroatoms. The average molecular weight is 642 g/mol. The van der Waals surface area contributed by atoms with E-state index in [9.17, 15) is 9.59 Å². The summed E-state index contributed by atoms with van der Waals surface area (Å²) in [6, 6.07) is 39.9. The van der Waals surface area contributed by atoms with Crippen LogP contribution in [0.2, 0.25) is 0 Å². The third kappa shape index (κ3) is 6.08. The summed E-state index contributed by atoms with van der Waals surface area (Å²) in [5.74, 6) is 0.462. The molecule has 4 aromatic carbocycles. The highest BCUT2D eigenvalue weighted by molar-refractivity contribution is 5.47. The van der Waals surface area contributed by atoms with Gasteiger partial charge >= 0.3 is 5.69 Å². The van der Waals surface area contributed by atoms with Crippen molar-refractivity contribution < 1.29 is 9.47 Å². The molecule has 7 rings (SSSR count). The first-order valence-corrected chi connectivity index (χ1v) is 15.9. The van der Waals surface area contributed by atoms with Gasteiger partial charge in [-0.25, -0.2) is 9.48 Å². The molecular formula is C37H35N7O4. The van der Waals surface area contributed by atoms with Crippen molar-refractivity contribution in [1.29, 1.82) is 0 Å². The molecule has 11 nitrogen and oxygen atoms in total. The Balaban J connectivity index is 1.28. The first-order chi connectivity index (χ1) is 23.5. The fraction of sp³-hybridized carbons (Fsp3) is 0.216. The van der Waals surface area contributed by atoms with Crippen molar-refractivity contribution in [3.05, 3.63) is 176 Å². The summed E-state index contributed by atoms with van der Waals surface area (Å²) in [7, 11) is 0. The number of nitrogens with zero attached hydrogens (tertiary/aromatic N) is 5. The van der Waals surface area contributed by atoms with Crippen molar-refractivity contribution >= 4 is 5.95 Å². The molecule has 0 bridgehead atoms. The molecule has 3 heterocycles. The van der Waals surface area contributed by atoms with Crippen LogP contribution < -0.4 is 16.6 Å². The number of aromatic amines is 1. The van der Waals surface area contributed by atoms with E-state index in [2.05, 4.69) is 62.2 Å². The lowest BCUT2D eigenvalue weighted by atomic mass is 9.80. The molecule has 3 atom stereocenters. The molecular weight excluding hydrogens is 606 g/mol. The molecule has 0 unspecified atom stereocenters. The lowest BCUT2D eigenvalue weighted by Gasteiger charge is -2.37. The van der Waals surface area contributed by atoms with Gasteiger partial charge in [-0.3, -0.25) is 14.3 Å². The Kier molecular flexibility index (Phi) is 8.78. The van der Waals surface area contributed by atoms with Crippen molar-refractivity contribution in [3.63, 3.8) is 0 Å². The van der Waals surface area contributed by atoms with Crippen LogP contribution >= 0.6 is 0 Å². The second kappa shape index (κ2) is 13.6. The van der Waals surface area contributed by atoms with Crippen molar-refractivity contribution in [1.82, 2.24) is 29.8 Å². The number of anilines is 1. The van der Waals surface area contributed by atoms with Gasteiger partial charge < -0.3 is 14.8 Å². The highest BCUT2D eigenvalue weighted by atomic mass is 16.6. The number of tetrazole rings is 1. The molecule has 2 N–H and O–H groups in total. The molecule has 0 saturated carbocycles. The van der Waals surface area contributed by atoms with Gasteiger partial charge in [-0.1, -0.05) is 126 Å². The Bertz CT molecular complexity index is 1970. The lowest BCUT2D eigenvalue weighted by Crippen LogP contribution is -2.38. The SMILES string of the molecule is Cc1cn([C@H]2C[C@H](n3nnnc3NCc3ccccc3)[C@@H](COC(c3ccccc3)(c3ccccc3)c3ccccc3)O2)c(=O)[nH]c1=O. The summed E-state index contributed by atoms with van der Waals surface area (Å²) >= 11 is 0. The minimum absolute atomic E-state index is 0.120. The largest absolute Gasteiger partial charge is 0.358 e. The van der Waals surface area contributed by atoms with Crippen LogP contribution in [0.5, 0.6) is 0 Å². The Labute approximate surface area is 276 Å². The number of aromatic nitrogens is 6. The lowest BCUT2D eigenvalue weighted by molar-refractivity contribution is -0.0842. The van der Waals surface area contributed by atoms with Gasteiger partial charge in [0.2, 0.25) is 5.95 Å². The van der Waals surface area contributed by atoms with Gasteiger partial charge in [0.05, 0.1) is 12.6 Å². The fourth-order valence-electron chi connectivity index (χ4n) is 6.38. The van der Waals surface area contributed by atoms with Gasteiger partial charge in [0.1, 0.15) is 17.9 Å². The van der Waals surface area contributed by atoms with Crippen molar-refractivity contribution in [2.45, 2.75) is 43.9 Å². The summed E-state index contributed by atoms with van der Waals surface area (Å²) in [5, 5.41) is 16.0. The number of ether oxygens (including phenoxy) is 2.